The number of anilines is 1. The van der Waals surface area contributed by atoms with E-state index in [1.54, 1.807) is 12.1 Å². The molecule has 6 nitrogen and oxygen atoms in total. The first-order chi connectivity index (χ1) is 12.0. The summed E-state index contributed by atoms with van der Waals surface area (Å²) in [5, 5.41) is 17.0. The van der Waals surface area contributed by atoms with E-state index in [9.17, 15) is 14.9 Å². The monoisotopic (exact) mass is 339 g/mol. The first-order valence-electron chi connectivity index (χ1n) is 8.41. The van der Waals surface area contributed by atoms with Gasteiger partial charge in [-0.2, -0.15) is 0 Å². The number of carbonyl (C=O) groups excluding carboxylic acids is 1. The van der Waals surface area contributed by atoms with Gasteiger partial charge in [0.2, 0.25) is 5.91 Å². The van der Waals surface area contributed by atoms with Gasteiger partial charge in [0.25, 0.3) is 5.69 Å². The zero-order valence-corrected chi connectivity index (χ0v) is 14.0. The molecule has 0 aromatic heterocycles. The molecule has 1 saturated carbocycles. The van der Waals surface area contributed by atoms with Crippen molar-refractivity contribution in [2.75, 3.05) is 5.32 Å². The van der Waals surface area contributed by atoms with Gasteiger partial charge >= 0.3 is 0 Å². The number of carbonyl (C=O) groups is 1. The number of hydrogen-bond acceptors (Lipinski definition) is 4. The molecule has 2 N–H and O–H groups in total. The molecule has 0 radical (unpaired) electrons. The van der Waals surface area contributed by atoms with E-state index >= 15 is 0 Å². The number of benzene rings is 2. The molecule has 0 spiro atoms. The van der Waals surface area contributed by atoms with E-state index < -0.39 is 11.0 Å². The lowest BCUT2D eigenvalue weighted by Gasteiger charge is -2.23. The Bertz CT molecular complexity index is 760. The van der Waals surface area contributed by atoms with Crippen LogP contribution in [0.5, 0.6) is 0 Å². The van der Waals surface area contributed by atoms with Crippen LogP contribution in [0.2, 0.25) is 0 Å². The highest BCUT2D eigenvalue weighted by Gasteiger charge is 2.33. The maximum atomic E-state index is 12.5. The SMILES string of the molecule is C[C@@H](N[C@H](c1ccccc1)C1CC1)C(=O)Nc1cccc([N+](=O)[O-])c1. The van der Waals surface area contributed by atoms with Gasteiger partial charge in [-0.15, -0.1) is 0 Å². The van der Waals surface area contributed by atoms with Crippen LogP contribution in [0.15, 0.2) is 54.6 Å². The fourth-order valence-corrected chi connectivity index (χ4v) is 2.89. The zero-order chi connectivity index (χ0) is 17.8. The second-order valence-corrected chi connectivity index (χ2v) is 6.41. The van der Waals surface area contributed by atoms with Crippen molar-refractivity contribution in [1.82, 2.24) is 5.32 Å². The fraction of sp³-hybridized carbons (Fsp3) is 0.316. The van der Waals surface area contributed by atoms with Gasteiger partial charge in [0, 0.05) is 23.9 Å². The van der Waals surface area contributed by atoms with E-state index in [4.69, 9.17) is 0 Å². The fourth-order valence-electron chi connectivity index (χ4n) is 2.89. The molecule has 2 aromatic carbocycles. The van der Waals surface area contributed by atoms with Crippen molar-refractivity contribution in [2.45, 2.75) is 31.8 Å². The average Bonchev–Trinajstić information content (AvgIpc) is 3.45. The van der Waals surface area contributed by atoms with Crippen LogP contribution in [0.25, 0.3) is 0 Å². The zero-order valence-electron chi connectivity index (χ0n) is 14.0. The summed E-state index contributed by atoms with van der Waals surface area (Å²) >= 11 is 0. The minimum absolute atomic E-state index is 0.0430. The van der Waals surface area contributed by atoms with Gasteiger partial charge in [0.15, 0.2) is 0 Å². The second-order valence-electron chi connectivity index (χ2n) is 6.41. The number of nitrogens with zero attached hydrogens (tertiary/aromatic N) is 1. The van der Waals surface area contributed by atoms with Crippen molar-refractivity contribution in [3.05, 3.63) is 70.3 Å². The van der Waals surface area contributed by atoms with Gasteiger partial charge in [0.05, 0.1) is 11.0 Å². The molecule has 130 valence electrons. The Balaban J connectivity index is 1.65. The van der Waals surface area contributed by atoms with Crippen LogP contribution in [0.1, 0.15) is 31.4 Å². The van der Waals surface area contributed by atoms with Crippen LogP contribution in [0, 0.1) is 16.0 Å². The summed E-state index contributed by atoms with van der Waals surface area (Å²) in [4.78, 5) is 22.8. The van der Waals surface area contributed by atoms with Crippen LogP contribution in [-0.2, 0) is 4.79 Å². The first-order valence-corrected chi connectivity index (χ1v) is 8.41. The van der Waals surface area contributed by atoms with E-state index in [-0.39, 0.29) is 17.6 Å². The van der Waals surface area contributed by atoms with Crippen LogP contribution in [0.4, 0.5) is 11.4 Å². The molecule has 2 atom stereocenters. The molecule has 0 heterocycles. The van der Waals surface area contributed by atoms with Crippen LogP contribution in [0.3, 0.4) is 0 Å². The third-order valence-electron chi connectivity index (χ3n) is 4.40. The predicted octanol–water partition coefficient (Wildman–Crippen LogP) is 3.66. The Morgan fingerprint density at radius 2 is 1.88 bits per heavy atom. The normalized spacial score (nSPS) is 16.0. The number of nitrogens with one attached hydrogen (secondary N) is 2. The van der Waals surface area contributed by atoms with Gasteiger partial charge in [-0.25, -0.2) is 0 Å². The van der Waals surface area contributed by atoms with E-state index in [2.05, 4.69) is 22.8 Å². The molecule has 0 aliphatic heterocycles. The molecular weight excluding hydrogens is 318 g/mol. The number of non-ortho nitro benzene ring substituents is 1. The quantitative estimate of drug-likeness (QED) is 0.595. The third-order valence-corrected chi connectivity index (χ3v) is 4.40. The molecule has 25 heavy (non-hydrogen) atoms. The summed E-state index contributed by atoms with van der Waals surface area (Å²) in [5.74, 6) is 0.345. The van der Waals surface area contributed by atoms with E-state index in [0.29, 0.717) is 11.6 Å². The minimum Gasteiger partial charge on any atom is -0.324 e. The average molecular weight is 339 g/mol. The van der Waals surface area contributed by atoms with Crippen molar-refractivity contribution in [3.8, 4) is 0 Å². The van der Waals surface area contributed by atoms with E-state index in [1.165, 1.54) is 17.7 Å². The van der Waals surface area contributed by atoms with Gasteiger partial charge in [0.1, 0.15) is 0 Å². The predicted molar refractivity (Wildman–Crippen MR) is 96.2 cm³/mol. The lowest BCUT2D eigenvalue weighted by Crippen LogP contribution is -2.40. The van der Waals surface area contributed by atoms with Gasteiger partial charge < -0.3 is 5.32 Å². The van der Waals surface area contributed by atoms with Crippen LogP contribution < -0.4 is 10.6 Å². The first kappa shape index (κ1) is 17.1. The number of nitro groups is 1. The summed E-state index contributed by atoms with van der Waals surface area (Å²) in [6.07, 6.45) is 2.32. The second kappa shape index (κ2) is 7.44. The molecule has 2 aromatic rings. The largest absolute Gasteiger partial charge is 0.324 e. The molecule has 0 bridgehead atoms. The molecule has 1 aliphatic rings. The maximum Gasteiger partial charge on any atom is 0.271 e. The number of hydrogen-bond donors (Lipinski definition) is 2. The van der Waals surface area contributed by atoms with E-state index in [1.807, 2.05) is 25.1 Å². The summed E-state index contributed by atoms with van der Waals surface area (Å²) in [5.41, 5.74) is 1.56. The molecule has 1 fully saturated rings. The van der Waals surface area contributed by atoms with Crippen molar-refractivity contribution >= 4 is 17.3 Å². The topological polar surface area (TPSA) is 84.3 Å². The van der Waals surface area contributed by atoms with Crippen molar-refractivity contribution in [2.24, 2.45) is 5.92 Å². The van der Waals surface area contributed by atoms with Crippen molar-refractivity contribution < 1.29 is 9.72 Å². The van der Waals surface area contributed by atoms with Crippen LogP contribution >= 0.6 is 0 Å². The molecule has 1 aliphatic carbocycles. The minimum atomic E-state index is -0.476. The highest BCUT2D eigenvalue weighted by molar-refractivity contribution is 5.94. The Hall–Kier alpha value is -2.73. The van der Waals surface area contributed by atoms with Crippen molar-refractivity contribution in [1.29, 1.82) is 0 Å². The highest BCUT2D eigenvalue weighted by Crippen LogP contribution is 2.41. The van der Waals surface area contributed by atoms with Gasteiger partial charge in [-0.05, 0) is 37.3 Å². The molecule has 3 rings (SSSR count). The maximum absolute atomic E-state index is 12.5. The lowest BCUT2D eigenvalue weighted by molar-refractivity contribution is -0.384. The summed E-state index contributed by atoms with van der Waals surface area (Å²) in [6, 6.07) is 15.8. The Morgan fingerprint density at radius 3 is 2.52 bits per heavy atom. The lowest BCUT2D eigenvalue weighted by atomic mass is 10.0. The van der Waals surface area contributed by atoms with Crippen molar-refractivity contribution in [3.63, 3.8) is 0 Å². The molecule has 1 amide bonds. The smallest absolute Gasteiger partial charge is 0.271 e. The molecule has 0 unspecified atom stereocenters. The van der Waals surface area contributed by atoms with Gasteiger partial charge in [-0.1, -0.05) is 36.4 Å². The molecule has 0 saturated heterocycles. The summed E-state index contributed by atoms with van der Waals surface area (Å²) in [6.45, 7) is 1.81. The number of rotatable bonds is 7. The van der Waals surface area contributed by atoms with E-state index in [0.717, 1.165) is 12.8 Å². The molecule has 6 heteroatoms. The molecular formula is C19H21N3O3. The summed E-state index contributed by atoms with van der Waals surface area (Å²) < 4.78 is 0. The third kappa shape index (κ3) is 4.42. The number of nitro benzene ring substituents is 1. The number of amides is 1. The van der Waals surface area contributed by atoms with Crippen LogP contribution in [-0.4, -0.2) is 16.9 Å². The Labute approximate surface area is 146 Å². The highest BCUT2D eigenvalue weighted by atomic mass is 16.6. The Kier molecular flexibility index (Phi) is 5.09. The Morgan fingerprint density at radius 1 is 1.16 bits per heavy atom. The standard InChI is InChI=1S/C19H21N3O3/c1-13(19(23)21-16-8-5-9-17(12-16)22(24)25)20-18(15-10-11-15)14-6-3-2-4-7-14/h2-9,12-13,15,18,20H,10-11H2,1H3,(H,21,23)/t13-,18-/m1/s1. The summed E-state index contributed by atoms with van der Waals surface area (Å²) in [7, 11) is 0. The van der Waals surface area contributed by atoms with Gasteiger partial charge in [-0.3, -0.25) is 20.2 Å².